The SMILES string of the molecule is CCOC(=O)c1c(-c2ccccc2)nc(N)nc1C(F)(F)Cl. The standard InChI is InChI=1S/C14H12ClF2N3O2/c1-2-22-12(21)9-10(8-6-4-3-5-7-8)19-13(18)20-11(9)14(15,16)17/h3-7H,2H2,1H3,(H2,18,19,20). The van der Waals surface area contributed by atoms with E-state index in [0.29, 0.717) is 5.56 Å². The van der Waals surface area contributed by atoms with Gasteiger partial charge in [0.05, 0.1) is 12.3 Å². The monoisotopic (exact) mass is 327 g/mol. The van der Waals surface area contributed by atoms with E-state index in [1.165, 1.54) is 0 Å². The van der Waals surface area contributed by atoms with Crippen LogP contribution in [0.5, 0.6) is 0 Å². The van der Waals surface area contributed by atoms with Crippen LogP contribution in [0.25, 0.3) is 11.3 Å². The number of halogens is 3. The first-order valence-electron chi connectivity index (χ1n) is 6.31. The minimum Gasteiger partial charge on any atom is -0.462 e. The lowest BCUT2D eigenvalue weighted by molar-refractivity contribution is 0.0495. The van der Waals surface area contributed by atoms with E-state index in [1.807, 2.05) is 0 Å². The first kappa shape index (κ1) is 16.1. The second-order valence-corrected chi connectivity index (χ2v) is 4.71. The van der Waals surface area contributed by atoms with Crippen LogP contribution in [-0.4, -0.2) is 22.5 Å². The molecule has 2 rings (SSSR count). The molecule has 0 aliphatic heterocycles. The summed E-state index contributed by atoms with van der Waals surface area (Å²) in [6.07, 6.45) is 0. The van der Waals surface area contributed by atoms with E-state index in [-0.39, 0.29) is 12.3 Å². The predicted molar refractivity (Wildman–Crippen MR) is 77.6 cm³/mol. The zero-order valence-electron chi connectivity index (χ0n) is 11.5. The summed E-state index contributed by atoms with van der Waals surface area (Å²) in [6, 6.07) is 8.26. The number of esters is 1. The number of hydrogen-bond donors (Lipinski definition) is 1. The maximum Gasteiger partial charge on any atom is 0.365 e. The Labute approximate surface area is 130 Å². The van der Waals surface area contributed by atoms with Crippen molar-refractivity contribution in [3.05, 3.63) is 41.6 Å². The van der Waals surface area contributed by atoms with E-state index >= 15 is 0 Å². The fraction of sp³-hybridized carbons (Fsp3) is 0.214. The summed E-state index contributed by atoms with van der Waals surface area (Å²) >= 11 is 5.05. The van der Waals surface area contributed by atoms with Crippen LogP contribution in [0.1, 0.15) is 23.0 Å². The number of nitrogen functional groups attached to an aromatic ring is 1. The van der Waals surface area contributed by atoms with Crippen molar-refractivity contribution in [3.8, 4) is 11.3 Å². The zero-order chi connectivity index (χ0) is 16.3. The number of hydrogen-bond acceptors (Lipinski definition) is 5. The van der Waals surface area contributed by atoms with E-state index in [2.05, 4.69) is 9.97 Å². The van der Waals surface area contributed by atoms with Gasteiger partial charge in [0.25, 0.3) is 0 Å². The molecule has 22 heavy (non-hydrogen) atoms. The first-order valence-corrected chi connectivity index (χ1v) is 6.69. The second kappa shape index (κ2) is 6.23. The summed E-state index contributed by atoms with van der Waals surface area (Å²) < 4.78 is 32.0. The van der Waals surface area contributed by atoms with E-state index in [9.17, 15) is 13.6 Å². The van der Waals surface area contributed by atoms with Gasteiger partial charge in [-0.1, -0.05) is 30.3 Å². The van der Waals surface area contributed by atoms with Crippen LogP contribution < -0.4 is 5.73 Å². The fourth-order valence-electron chi connectivity index (χ4n) is 1.88. The number of carbonyl (C=O) groups is 1. The van der Waals surface area contributed by atoms with E-state index in [4.69, 9.17) is 22.1 Å². The number of carbonyl (C=O) groups excluding carboxylic acids is 1. The molecule has 0 spiro atoms. The number of alkyl halides is 3. The summed E-state index contributed by atoms with van der Waals surface area (Å²) in [6.45, 7) is 1.56. The number of benzene rings is 1. The van der Waals surface area contributed by atoms with Crippen LogP contribution in [0.2, 0.25) is 0 Å². The molecule has 0 fully saturated rings. The minimum absolute atomic E-state index is 0.00470. The van der Waals surface area contributed by atoms with Gasteiger partial charge in [-0.25, -0.2) is 14.8 Å². The molecule has 0 radical (unpaired) electrons. The minimum atomic E-state index is -3.89. The van der Waals surface area contributed by atoms with Crippen molar-refractivity contribution in [1.82, 2.24) is 9.97 Å². The Morgan fingerprint density at radius 2 is 1.95 bits per heavy atom. The van der Waals surface area contributed by atoms with Crippen LogP contribution in [0.3, 0.4) is 0 Å². The molecule has 0 saturated heterocycles. The first-order chi connectivity index (χ1) is 10.3. The molecule has 8 heteroatoms. The maximum atomic E-state index is 13.6. The highest BCUT2D eigenvalue weighted by Gasteiger charge is 2.38. The van der Waals surface area contributed by atoms with Gasteiger partial charge in [-0.15, -0.1) is 0 Å². The van der Waals surface area contributed by atoms with Gasteiger partial charge in [-0.05, 0) is 18.5 Å². The topological polar surface area (TPSA) is 78.1 Å². The van der Waals surface area contributed by atoms with E-state index < -0.39 is 28.6 Å². The van der Waals surface area contributed by atoms with Gasteiger partial charge in [-0.3, -0.25) is 0 Å². The lowest BCUT2D eigenvalue weighted by Gasteiger charge is -2.16. The number of nitrogens with zero attached hydrogens (tertiary/aromatic N) is 2. The molecule has 0 amide bonds. The lowest BCUT2D eigenvalue weighted by atomic mass is 10.0. The van der Waals surface area contributed by atoms with Crippen molar-refractivity contribution in [2.24, 2.45) is 0 Å². The molecule has 0 atom stereocenters. The quantitative estimate of drug-likeness (QED) is 0.689. The van der Waals surface area contributed by atoms with Gasteiger partial charge >= 0.3 is 11.4 Å². The third-order valence-electron chi connectivity index (χ3n) is 2.72. The van der Waals surface area contributed by atoms with Gasteiger partial charge < -0.3 is 10.5 Å². The molecule has 2 N–H and O–H groups in total. The van der Waals surface area contributed by atoms with Crippen molar-refractivity contribution >= 4 is 23.5 Å². The molecule has 0 aliphatic rings. The molecule has 5 nitrogen and oxygen atoms in total. The molecule has 116 valence electrons. The molecule has 0 aliphatic carbocycles. The van der Waals surface area contributed by atoms with Crippen molar-refractivity contribution in [2.45, 2.75) is 12.3 Å². The highest BCUT2D eigenvalue weighted by Crippen LogP contribution is 2.37. The molecule has 0 saturated carbocycles. The van der Waals surface area contributed by atoms with E-state index in [0.717, 1.165) is 0 Å². The van der Waals surface area contributed by atoms with Gasteiger partial charge in [0, 0.05) is 5.56 Å². The molecule has 1 heterocycles. The summed E-state index contributed by atoms with van der Waals surface area (Å²) in [5, 5.41) is -3.89. The molecular weight excluding hydrogens is 316 g/mol. The smallest absolute Gasteiger partial charge is 0.365 e. The third-order valence-corrected chi connectivity index (χ3v) is 2.90. The van der Waals surface area contributed by atoms with Gasteiger partial charge in [-0.2, -0.15) is 8.78 Å². The summed E-state index contributed by atoms with van der Waals surface area (Å²) in [7, 11) is 0. The molecule has 1 aromatic carbocycles. The van der Waals surface area contributed by atoms with E-state index in [1.54, 1.807) is 37.3 Å². The summed E-state index contributed by atoms with van der Waals surface area (Å²) in [5.41, 5.74) is 4.36. The Kier molecular flexibility index (Phi) is 4.56. The fourth-order valence-corrected chi connectivity index (χ4v) is 2.02. The highest BCUT2D eigenvalue weighted by molar-refractivity contribution is 6.22. The Balaban J connectivity index is 2.76. The average Bonchev–Trinajstić information content (AvgIpc) is 2.46. The number of rotatable bonds is 4. The Hall–Kier alpha value is -2.28. The van der Waals surface area contributed by atoms with Crippen LogP contribution in [-0.2, 0) is 10.1 Å². The molecule has 1 aromatic heterocycles. The average molecular weight is 328 g/mol. The molecule has 2 aromatic rings. The van der Waals surface area contributed by atoms with Crippen molar-refractivity contribution in [1.29, 1.82) is 0 Å². The number of nitrogens with two attached hydrogens (primary N) is 1. The predicted octanol–water partition coefficient (Wildman–Crippen LogP) is 3.19. The Bertz CT molecular complexity index is 690. The number of aromatic nitrogens is 2. The number of anilines is 1. The van der Waals surface area contributed by atoms with Gasteiger partial charge in [0.15, 0.2) is 0 Å². The summed E-state index contributed by atoms with van der Waals surface area (Å²) in [5.74, 6) is -1.40. The normalized spacial score (nSPS) is 11.3. The highest BCUT2D eigenvalue weighted by atomic mass is 35.5. The second-order valence-electron chi connectivity index (χ2n) is 4.24. The van der Waals surface area contributed by atoms with Crippen molar-refractivity contribution < 1.29 is 18.3 Å². The number of ether oxygens (including phenoxy) is 1. The van der Waals surface area contributed by atoms with Crippen LogP contribution in [0.15, 0.2) is 30.3 Å². The maximum absolute atomic E-state index is 13.6. The van der Waals surface area contributed by atoms with Crippen molar-refractivity contribution in [3.63, 3.8) is 0 Å². The molecule has 0 bridgehead atoms. The third kappa shape index (κ3) is 3.30. The van der Waals surface area contributed by atoms with Crippen LogP contribution in [0.4, 0.5) is 14.7 Å². The Morgan fingerprint density at radius 1 is 1.32 bits per heavy atom. The van der Waals surface area contributed by atoms with Gasteiger partial charge in [0.1, 0.15) is 11.3 Å². The van der Waals surface area contributed by atoms with Crippen LogP contribution >= 0.6 is 11.6 Å². The molecule has 0 unspecified atom stereocenters. The van der Waals surface area contributed by atoms with Crippen LogP contribution in [0, 0.1) is 0 Å². The summed E-state index contributed by atoms with van der Waals surface area (Å²) in [4.78, 5) is 19.4. The van der Waals surface area contributed by atoms with Gasteiger partial charge in [0.2, 0.25) is 5.95 Å². The lowest BCUT2D eigenvalue weighted by Crippen LogP contribution is -2.20. The Morgan fingerprint density at radius 3 is 2.50 bits per heavy atom. The molecular formula is C14H12ClF2N3O2. The largest absolute Gasteiger partial charge is 0.462 e. The zero-order valence-corrected chi connectivity index (χ0v) is 12.3. The van der Waals surface area contributed by atoms with Crippen molar-refractivity contribution in [2.75, 3.05) is 12.3 Å².